The number of aliphatic imine (C=N–C) groups is 1. The second-order valence-corrected chi connectivity index (χ2v) is 8.88. The molecule has 0 unspecified atom stereocenters. The van der Waals surface area contributed by atoms with Crippen LogP contribution in [0.2, 0.25) is 0 Å². The van der Waals surface area contributed by atoms with E-state index in [1.807, 2.05) is 7.05 Å². The summed E-state index contributed by atoms with van der Waals surface area (Å²) in [5, 5.41) is 0. The average molecular weight is 375 g/mol. The van der Waals surface area contributed by atoms with Gasteiger partial charge >= 0.3 is 0 Å². The Morgan fingerprint density at radius 2 is 2.00 bits per heavy atom. The molecule has 27 heavy (non-hydrogen) atoms. The SMILES string of the molecule is C=C1C2=C(C=C3C(=N/C)/C(=C4/CCCC5=C(N)CCC=C54)CN13)CC=PC2. The Bertz CT molecular complexity index is 966. The molecule has 0 aromatic rings. The maximum absolute atomic E-state index is 6.37. The molecule has 0 atom stereocenters. The van der Waals surface area contributed by atoms with E-state index in [1.165, 1.54) is 59.5 Å². The van der Waals surface area contributed by atoms with E-state index in [9.17, 15) is 0 Å². The first-order valence-corrected chi connectivity index (χ1v) is 11.1. The van der Waals surface area contributed by atoms with Crippen LogP contribution in [0.4, 0.5) is 0 Å². The molecule has 0 spiro atoms. The van der Waals surface area contributed by atoms with Crippen LogP contribution in [0.5, 0.6) is 0 Å². The highest BCUT2D eigenvalue weighted by Crippen LogP contribution is 2.45. The minimum absolute atomic E-state index is 0.897. The first-order valence-electron chi connectivity index (χ1n) is 9.95. The summed E-state index contributed by atoms with van der Waals surface area (Å²) in [6.07, 6.45) is 12.4. The Balaban J connectivity index is 1.62. The third-order valence-corrected chi connectivity index (χ3v) is 7.38. The monoisotopic (exact) mass is 375 g/mol. The van der Waals surface area contributed by atoms with Crippen molar-refractivity contribution in [3.8, 4) is 0 Å². The van der Waals surface area contributed by atoms with Gasteiger partial charge in [0.05, 0.1) is 18.0 Å². The molecule has 0 amide bonds. The van der Waals surface area contributed by atoms with Gasteiger partial charge in [-0.15, -0.1) is 8.20 Å². The summed E-state index contributed by atoms with van der Waals surface area (Å²) in [4.78, 5) is 7.15. The third-order valence-electron chi connectivity index (χ3n) is 6.44. The molecule has 5 rings (SSSR count). The average Bonchev–Trinajstić information content (AvgIpc) is 3.07. The van der Waals surface area contributed by atoms with Gasteiger partial charge in [0.1, 0.15) is 0 Å². The number of fused-ring (bicyclic) bond motifs is 2. The molecule has 0 radical (unpaired) electrons. The standard InChI is InChI=1S/C23H26N3P/c1-14-20-13-27-10-9-15(20)11-22-23(25-2)19(12-26(14)22)17-5-3-7-18-16(17)6-4-8-21(18)24/h6,10-11H,1,3-5,7-9,12-13,24H2,2H3/b19-17-,25-23+. The van der Waals surface area contributed by atoms with Crippen LogP contribution in [0.15, 0.2) is 74.3 Å². The second-order valence-electron chi connectivity index (χ2n) is 7.84. The zero-order valence-electron chi connectivity index (χ0n) is 16.0. The summed E-state index contributed by atoms with van der Waals surface area (Å²) in [5.74, 6) is 2.36. The third kappa shape index (κ3) is 2.56. The molecule has 0 aromatic heterocycles. The van der Waals surface area contributed by atoms with Crippen LogP contribution in [0.25, 0.3) is 0 Å². The summed E-state index contributed by atoms with van der Waals surface area (Å²) in [6.45, 7) is 5.37. The van der Waals surface area contributed by atoms with Gasteiger partial charge < -0.3 is 10.6 Å². The molecular weight excluding hydrogens is 349 g/mol. The minimum atomic E-state index is 0.897. The zero-order valence-corrected chi connectivity index (χ0v) is 16.9. The number of rotatable bonds is 0. The Kier molecular flexibility index (Phi) is 4.09. The highest BCUT2D eigenvalue weighted by molar-refractivity contribution is 7.38. The first kappa shape index (κ1) is 17.0. The summed E-state index contributed by atoms with van der Waals surface area (Å²) in [7, 11) is 3.34. The van der Waals surface area contributed by atoms with Gasteiger partial charge in [0.15, 0.2) is 0 Å². The van der Waals surface area contributed by atoms with E-state index in [-0.39, 0.29) is 0 Å². The highest BCUT2D eigenvalue weighted by Gasteiger charge is 2.37. The van der Waals surface area contributed by atoms with Crippen LogP contribution < -0.4 is 5.73 Å². The number of allylic oxidation sites excluding steroid dienone is 9. The van der Waals surface area contributed by atoms with Crippen molar-refractivity contribution in [3.05, 3.63) is 69.3 Å². The topological polar surface area (TPSA) is 41.6 Å². The van der Waals surface area contributed by atoms with E-state index in [0.29, 0.717) is 0 Å². The smallest absolute Gasteiger partial charge is 0.0860 e. The number of hydrogen-bond acceptors (Lipinski definition) is 3. The highest BCUT2D eigenvalue weighted by atomic mass is 31.1. The van der Waals surface area contributed by atoms with Crippen LogP contribution in [0.1, 0.15) is 38.5 Å². The number of nitrogens with zero attached hydrogens (tertiary/aromatic N) is 2. The van der Waals surface area contributed by atoms with E-state index >= 15 is 0 Å². The summed E-state index contributed by atoms with van der Waals surface area (Å²) in [6, 6.07) is 0. The lowest BCUT2D eigenvalue weighted by Crippen LogP contribution is -2.24. The van der Waals surface area contributed by atoms with Gasteiger partial charge in [0.2, 0.25) is 0 Å². The Morgan fingerprint density at radius 1 is 1.15 bits per heavy atom. The summed E-state index contributed by atoms with van der Waals surface area (Å²) >= 11 is 0. The molecular formula is C23H26N3P. The molecule has 3 nitrogen and oxygen atoms in total. The molecule has 1 saturated carbocycles. The molecule has 1 saturated heterocycles. The van der Waals surface area contributed by atoms with Gasteiger partial charge in [-0.1, -0.05) is 18.5 Å². The van der Waals surface area contributed by atoms with Crippen molar-refractivity contribution in [2.45, 2.75) is 38.5 Å². The quantitative estimate of drug-likeness (QED) is 0.627. The minimum Gasteiger partial charge on any atom is -0.402 e. The molecule has 3 aliphatic heterocycles. The first-order chi connectivity index (χ1) is 13.2. The molecule has 2 fully saturated rings. The normalized spacial score (nSPS) is 29.6. The number of hydrogen-bond donors (Lipinski definition) is 1. The maximum atomic E-state index is 6.37. The fraction of sp³-hybridized carbons (Fsp3) is 0.391. The largest absolute Gasteiger partial charge is 0.402 e. The lowest BCUT2D eigenvalue weighted by molar-refractivity contribution is 0.513. The van der Waals surface area contributed by atoms with E-state index in [4.69, 9.17) is 10.7 Å². The van der Waals surface area contributed by atoms with Crippen LogP contribution in [0.3, 0.4) is 0 Å². The van der Waals surface area contributed by atoms with Crippen molar-refractivity contribution in [1.29, 1.82) is 0 Å². The van der Waals surface area contributed by atoms with Crippen molar-refractivity contribution < 1.29 is 0 Å². The van der Waals surface area contributed by atoms with Gasteiger partial charge in [0.25, 0.3) is 0 Å². The van der Waals surface area contributed by atoms with Crippen LogP contribution >= 0.6 is 8.20 Å². The molecule has 5 aliphatic rings. The zero-order chi connectivity index (χ0) is 18.5. The fourth-order valence-corrected chi connectivity index (χ4v) is 6.10. The summed E-state index contributed by atoms with van der Waals surface area (Å²) < 4.78 is 0. The molecule has 4 heteroatoms. The van der Waals surface area contributed by atoms with Gasteiger partial charge in [0, 0.05) is 30.2 Å². The number of nitrogens with two attached hydrogens (primary N) is 1. The van der Waals surface area contributed by atoms with E-state index < -0.39 is 0 Å². The van der Waals surface area contributed by atoms with Crippen LogP contribution in [0, 0.1) is 0 Å². The van der Waals surface area contributed by atoms with Crippen molar-refractivity contribution in [2.24, 2.45) is 10.7 Å². The lowest BCUT2D eigenvalue weighted by atomic mass is 9.78. The lowest BCUT2D eigenvalue weighted by Gasteiger charge is -2.31. The van der Waals surface area contributed by atoms with E-state index in [1.54, 1.807) is 0 Å². The van der Waals surface area contributed by atoms with Gasteiger partial charge in [-0.2, -0.15) is 0 Å². The molecule has 2 N–H and O–H groups in total. The van der Waals surface area contributed by atoms with Gasteiger partial charge in [-0.3, -0.25) is 4.99 Å². The van der Waals surface area contributed by atoms with E-state index in [2.05, 4.69) is 29.4 Å². The predicted octanol–water partition coefficient (Wildman–Crippen LogP) is 4.65. The summed E-state index contributed by atoms with van der Waals surface area (Å²) in [5.41, 5.74) is 19.6. The maximum Gasteiger partial charge on any atom is 0.0860 e. The molecule has 2 aliphatic carbocycles. The molecule has 0 bridgehead atoms. The van der Waals surface area contributed by atoms with E-state index in [0.717, 1.165) is 56.2 Å². The molecule has 138 valence electrons. The molecule has 3 heterocycles. The van der Waals surface area contributed by atoms with Crippen LogP contribution in [-0.4, -0.2) is 36.2 Å². The van der Waals surface area contributed by atoms with Gasteiger partial charge in [-0.05, 0) is 72.5 Å². The second kappa shape index (κ2) is 6.49. The van der Waals surface area contributed by atoms with Crippen LogP contribution in [-0.2, 0) is 0 Å². The van der Waals surface area contributed by atoms with Crippen molar-refractivity contribution in [1.82, 2.24) is 4.90 Å². The van der Waals surface area contributed by atoms with Gasteiger partial charge in [-0.25, -0.2) is 0 Å². The fourth-order valence-electron chi connectivity index (χ4n) is 5.08. The molecule has 0 aromatic carbocycles. The van der Waals surface area contributed by atoms with Crippen molar-refractivity contribution in [3.63, 3.8) is 0 Å². The van der Waals surface area contributed by atoms with Crippen molar-refractivity contribution >= 4 is 19.7 Å². The Labute approximate surface area is 163 Å². The Morgan fingerprint density at radius 3 is 2.85 bits per heavy atom. The Hall–Kier alpha value is -2.12. The predicted molar refractivity (Wildman–Crippen MR) is 116 cm³/mol. The van der Waals surface area contributed by atoms with Crippen molar-refractivity contribution in [2.75, 3.05) is 19.8 Å².